The number of hydrogen-bond donors (Lipinski definition) is 1. The smallest absolute Gasteiger partial charge is 0.115 e. The van der Waals surface area contributed by atoms with Gasteiger partial charge in [-0.2, -0.15) is 0 Å². The Morgan fingerprint density at radius 3 is 2.36 bits per heavy atom. The standard InChI is InChI=1S/C11H22O3/c1-6-11(7(2)3)10(13-5)9(12)8(4)14-11/h7-10,12H,6H2,1-5H3/t8-,9+,10-,11+/m0/s1. The lowest BCUT2D eigenvalue weighted by atomic mass is 9.82. The van der Waals surface area contributed by atoms with E-state index in [1.165, 1.54) is 0 Å². The fourth-order valence-electron chi connectivity index (χ4n) is 2.51. The zero-order valence-corrected chi connectivity index (χ0v) is 9.78. The van der Waals surface area contributed by atoms with E-state index in [1.54, 1.807) is 7.11 Å². The average Bonchev–Trinajstić information content (AvgIpc) is 2.40. The second kappa shape index (κ2) is 4.17. The second-order valence-corrected chi connectivity index (χ2v) is 4.43. The number of methoxy groups -OCH3 is 1. The molecule has 0 aromatic rings. The van der Waals surface area contributed by atoms with Crippen LogP contribution in [0.15, 0.2) is 0 Å². The fourth-order valence-corrected chi connectivity index (χ4v) is 2.51. The lowest BCUT2D eigenvalue weighted by Gasteiger charge is -2.36. The summed E-state index contributed by atoms with van der Waals surface area (Å²) in [5.74, 6) is 0.344. The molecule has 0 aliphatic carbocycles. The minimum Gasteiger partial charge on any atom is -0.388 e. The van der Waals surface area contributed by atoms with Crippen LogP contribution in [-0.2, 0) is 9.47 Å². The fraction of sp³-hybridized carbons (Fsp3) is 1.00. The Bertz CT molecular complexity index is 193. The number of aliphatic hydroxyl groups is 1. The third kappa shape index (κ3) is 1.58. The molecule has 1 saturated heterocycles. The molecule has 0 aromatic carbocycles. The quantitative estimate of drug-likeness (QED) is 0.755. The molecule has 1 rings (SSSR count). The number of ether oxygens (including phenoxy) is 2. The van der Waals surface area contributed by atoms with E-state index in [9.17, 15) is 5.11 Å². The number of rotatable bonds is 3. The molecule has 3 nitrogen and oxygen atoms in total. The molecule has 0 unspecified atom stereocenters. The van der Waals surface area contributed by atoms with E-state index in [-0.39, 0.29) is 17.8 Å². The van der Waals surface area contributed by atoms with Gasteiger partial charge >= 0.3 is 0 Å². The van der Waals surface area contributed by atoms with E-state index in [2.05, 4.69) is 20.8 Å². The molecule has 14 heavy (non-hydrogen) atoms. The van der Waals surface area contributed by atoms with Crippen molar-refractivity contribution in [1.29, 1.82) is 0 Å². The molecule has 0 amide bonds. The summed E-state index contributed by atoms with van der Waals surface area (Å²) in [4.78, 5) is 0. The summed E-state index contributed by atoms with van der Waals surface area (Å²) in [5, 5.41) is 9.92. The summed E-state index contributed by atoms with van der Waals surface area (Å²) in [6.07, 6.45) is 0.0112. The summed E-state index contributed by atoms with van der Waals surface area (Å²) in [5.41, 5.74) is -0.326. The summed E-state index contributed by atoms with van der Waals surface area (Å²) >= 11 is 0. The average molecular weight is 202 g/mol. The highest BCUT2D eigenvalue weighted by Crippen LogP contribution is 2.40. The van der Waals surface area contributed by atoms with Gasteiger partial charge in [0, 0.05) is 7.11 Å². The Labute approximate surface area is 86.4 Å². The SMILES string of the molecule is CC[C@]1(C(C)C)O[C@@H](C)[C@@H](O)[C@@H]1OC. The Morgan fingerprint density at radius 2 is 2.07 bits per heavy atom. The van der Waals surface area contributed by atoms with Gasteiger partial charge in [0.05, 0.1) is 11.7 Å². The van der Waals surface area contributed by atoms with Crippen molar-refractivity contribution in [1.82, 2.24) is 0 Å². The first-order valence-electron chi connectivity index (χ1n) is 5.38. The van der Waals surface area contributed by atoms with Crippen molar-refractivity contribution < 1.29 is 14.6 Å². The largest absolute Gasteiger partial charge is 0.388 e. The van der Waals surface area contributed by atoms with Crippen molar-refractivity contribution in [3.8, 4) is 0 Å². The van der Waals surface area contributed by atoms with Gasteiger partial charge in [0.25, 0.3) is 0 Å². The molecule has 1 N–H and O–H groups in total. The van der Waals surface area contributed by atoms with Crippen LogP contribution in [0.3, 0.4) is 0 Å². The first-order valence-corrected chi connectivity index (χ1v) is 5.38. The first kappa shape index (κ1) is 12.0. The molecule has 1 aliphatic rings. The van der Waals surface area contributed by atoms with Crippen LogP contribution < -0.4 is 0 Å². The predicted molar refractivity (Wildman–Crippen MR) is 55.2 cm³/mol. The maximum Gasteiger partial charge on any atom is 0.115 e. The summed E-state index contributed by atoms with van der Waals surface area (Å²) in [6, 6.07) is 0. The topological polar surface area (TPSA) is 38.7 Å². The van der Waals surface area contributed by atoms with Crippen molar-refractivity contribution >= 4 is 0 Å². The molecule has 1 heterocycles. The van der Waals surface area contributed by atoms with Crippen LogP contribution in [0.4, 0.5) is 0 Å². The van der Waals surface area contributed by atoms with Crippen molar-refractivity contribution in [2.75, 3.05) is 7.11 Å². The van der Waals surface area contributed by atoms with Crippen molar-refractivity contribution in [2.45, 2.75) is 58.0 Å². The molecule has 1 fully saturated rings. The molecule has 3 heteroatoms. The van der Waals surface area contributed by atoms with Crippen molar-refractivity contribution in [3.05, 3.63) is 0 Å². The molecule has 1 aliphatic heterocycles. The van der Waals surface area contributed by atoms with E-state index in [0.29, 0.717) is 5.92 Å². The van der Waals surface area contributed by atoms with Crippen LogP contribution in [-0.4, -0.2) is 36.1 Å². The normalized spacial score (nSPS) is 43.5. The van der Waals surface area contributed by atoms with Gasteiger partial charge < -0.3 is 14.6 Å². The molecular formula is C11H22O3. The minimum atomic E-state index is -0.512. The number of aliphatic hydroxyl groups excluding tert-OH is 1. The minimum absolute atomic E-state index is 0.137. The molecular weight excluding hydrogens is 180 g/mol. The Hall–Kier alpha value is -0.120. The van der Waals surface area contributed by atoms with Crippen LogP contribution in [0.5, 0.6) is 0 Å². The highest BCUT2D eigenvalue weighted by molar-refractivity contribution is 5.02. The van der Waals surface area contributed by atoms with Crippen molar-refractivity contribution in [3.63, 3.8) is 0 Å². The van der Waals surface area contributed by atoms with E-state index >= 15 is 0 Å². The predicted octanol–water partition coefficient (Wildman–Crippen LogP) is 1.59. The molecule has 0 bridgehead atoms. The number of hydrogen-bond acceptors (Lipinski definition) is 3. The van der Waals surface area contributed by atoms with Crippen LogP contribution in [0.25, 0.3) is 0 Å². The monoisotopic (exact) mass is 202 g/mol. The molecule has 4 atom stereocenters. The van der Waals surface area contributed by atoms with E-state index in [1.807, 2.05) is 6.92 Å². The summed E-state index contributed by atoms with van der Waals surface area (Å²) in [7, 11) is 1.64. The van der Waals surface area contributed by atoms with Gasteiger partial charge in [0.2, 0.25) is 0 Å². The lowest BCUT2D eigenvalue weighted by Crippen LogP contribution is -2.48. The first-order chi connectivity index (χ1) is 6.49. The summed E-state index contributed by atoms with van der Waals surface area (Å²) in [6.45, 7) is 8.20. The third-order valence-electron chi connectivity index (χ3n) is 3.46. The lowest BCUT2D eigenvalue weighted by molar-refractivity contribution is -0.121. The van der Waals surface area contributed by atoms with E-state index < -0.39 is 6.10 Å². The van der Waals surface area contributed by atoms with Crippen LogP contribution >= 0.6 is 0 Å². The molecule has 0 radical (unpaired) electrons. The van der Waals surface area contributed by atoms with E-state index in [4.69, 9.17) is 9.47 Å². The molecule has 0 saturated carbocycles. The van der Waals surface area contributed by atoms with Gasteiger partial charge in [0.1, 0.15) is 12.2 Å². The maximum absolute atomic E-state index is 9.92. The van der Waals surface area contributed by atoms with Gasteiger partial charge in [-0.3, -0.25) is 0 Å². The third-order valence-corrected chi connectivity index (χ3v) is 3.46. The molecule has 84 valence electrons. The second-order valence-electron chi connectivity index (χ2n) is 4.43. The van der Waals surface area contributed by atoms with Gasteiger partial charge in [-0.05, 0) is 19.3 Å². The van der Waals surface area contributed by atoms with Gasteiger partial charge in [-0.15, -0.1) is 0 Å². The van der Waals surface area contributed by atoms with E-state index in [0.717, 1.165) is 6.42 Å². The van der Waals surface area contributed by atoms with Gasteiger partial charge in [-0.25, -0.2) is 0 Å². The Morgan fingerprint density at radius 1 is 1.50 bits per heavy atom. The maximum atomic E-state index is 9.92. The summed E-state index contributed by atoms with van der Waals surface area (Å²) < 4.78 is 11.3. The van der Waals surface area contributed by atoms with Crippen LogP contribution in [0.2, 0.25) is 0 Å². The zero-order chi connectivity index (χ0) is 10.9. The Balaban J connectivity index is 2.95. The van der Waals surface area contributed by atoms with Gasteiger partial charge in [0.15, 0.2) is 0 Å². The van der Waals surface area contributed by atoms with Crippen LogP contribution in [0.1, 0.15) is 34.1 Å². The van der Waals surface area contributed by atoms with Crippen molar-refractivity contribution in [2.24, 2.45) is 5.92 Å². The molecule has 0 aromatic heterocycles. The Kier molecular flexibility index (Phi) is 3.56. The zero-order valence-electron chi connectivity index (χ0n) is 9.78. The highest BCUT2D eigenvalue weighted by atomic mass is 16.6. The van der Waals surface area contributed by atoms with Gasteiger partial charge in [-0.1, -0.05) is 20.8 Å². The molecule has 0 spiro atoms. The highest BCUT2D eigenvalue weighted by Gasteiger charge is 2.54. The van der Waals surface area contributed by atoms with Crippen LogP contribution in [0, 0.1) is 5.92 Å².